The summed E-state index contributed by atoms with van der Waals surface area (Å²) in [7, 11) is 0. The van der Waals surface area contributed by atoms with Gasteiger partial charge in [0.15, 0.2) is 0 Å². The third-order valence-electron chi connectivity index (χ3n) is 4.30. The summed E-state index contributed by atoms with van der Waals surface area (Å²) in [4.78, 5) is 15.8. The number of para-hydroxylation sites is 1. The van der Waals surface area contributed by atoms with Crippen molar-refractivity contribution in [2.75, 3.05) is 0 Å². The maximum absolute atomic E-state index is 12.5. The topological polar surface area (TPSA) is 44.9 Å². The van der Waals surface area contributed by atoms with Crippen LogP contribution < -0.4 is 5.32 Å². The summed E-state index contributed by atoms with van der Waals surface area (Å²) in [5, 5.41) is 4.22. The predicted octanol–water partition coefficient (Wildman–Crippen LogP) is 3.39. The summed E-state index contributed by atoms with van der Waals surface area (Å²) < 4.78 is 0. The Morgan fingerprint density at radius 1 is 1.32 bits per heavy atom. The molecule has 2 aromatic rings. The van der Waals surface area contributed by atoms with Gasteiger partial charge in [-0.1, -0.05) is 31.5 Å². The Morgan fingerprint density at radius 2 is 2.11 bits per heavy atom. The van der Waals surface area contributed by atoms with Gasteiger partial charge in [-0.05, 0) is 31.7 Å². The molecule has 0 aliphatic heterocycles. The van der Waals surface area contributed by atoms with Gasteiger partial charge >= 0.3 is 0 Å². The van der Waals surface area contributed by atoms with Crippen LogP contribution in [0.4, 0.5) is 0 Å². The molecule has 1 aliphatic carbocycles. The van der Waals surface area contributed by atoms with Crippen LogP contribution in [0.2, 0.25) is 0 Å². The van der Waals surface area contributed by atoms with E-state index in [0.29, 0.717) is 12.0 Å². The van der Waals surface area contributed by atoms with E-state index in [9.17, 15) is 4.79 Å². The molecule has 1 saturated carbocycles. The first-order valence-corrected chi connectivity index (χ1v) is 7.05. The van der Waals surface area contributed by atoms with Crippen molar-refractivity contribution < 1.29 is 4.79 Å². The van der Waals surface area contributed by atoms with Gasteiger partial charge in [-0.3, -0.25) is 4.79 Å². The lowest BCUT2D eigenvalue weighted by Crippen LogP contribution is -2.36. The predicted molar refractivity (Wildman–Crippen MR) is 77.3 cm³/mol. The maximum atomic E-state index is 12.5. The van der Waals surface area contributed by atoms with Crippen LogP contribution in [0, 0.1) is 12.8 Å². The van der Waals surface area contributed by atoms with Crippen molar-refractivity contribution in [3.63, 3.8) is 0 Å². The van der Waals surface area contributed by atoms with Crippen molar-refractivity contribution in [3.8, 4) is 0 Å². The van der Waals surface area contributed by atoms with Crippen LogP contribution >= 0.6 is 0 Å². The number of nitrogens with one attached hydrogen (secondary N) is 2. The number of fused-ring (bicyclic) bond motifs is 1. The smallest absolute Gasteiger partial charge is 0.253 e. The molecule has 0 radical (unpaired) electrons. The molecule has 2 atom stereocenters. The van der Waals surface area contributed by atoms with Crippen molar-refractivity contribution in [1.82, 2.24) is 10.3 Å². The summed E-state index contributed by atoms with van der Waals surface area (Å²) in [5.74, 6) is 0.656. The molecule has 1 fully saturated rings. The standard InChI is InChI=1S/C16H20N2O/c1-10-6-5-9-13(10)18-16(19)15-11(2)17-14-8-4-3-7-12(14)15/h3-4,7-8,10,13,17H,5-6,9H2,1-2H3,(H,18,19). The molecule has 0 bridgehead atoms. The number of aromatic amines is 1. The number of aromatic nitrogens is 1. The summed E-state index contributed by atoms with van der Waals surface area (Å²) in [5.41, 5.74) is 2.78. The van der Waals surface area contributed by atoms with Gasteiger partial charge in [0, 0.05) is 22.6 Å². The van der Waals surface area contributed by atoms with Gasteiger partial charge in [0.05, 0.1) is 5.56 Å². The van der Waals surface area contributed by atoms with Crippen molar-refractivity contribution in [2.45, 2.75) is 39.2 Å². The number of aryl methyl sites for hydroxylation is 1. The first-order valence-electron chi connectivity index (χ1n) is 7.05. The van der Waals surface area contributed by atoms with Gasteiger partial charge in [-0.2, -0.15) is 0 Å². The highest BCUT2D eigenvalue weighted by Crippen LogP contribution is 2.26. The number of hydrogen-bond acceptors (Lipinski definition) is 1. The minimum Gasteiger partial charge on any atom is -0.358 e. The van der Waals surface area contributed by atoms with Gasteiger partial charge < -0.3 is 10.3 Å². The molecule has 0 saturated heterocycles. The zero-order valence-electron chi connectivity index (χ0n) is 11.5. The SMILES string of the molecule is Cc1[nH]c2ccccc2c1C(=O)NC1CCCC1C. The quantitative estimate of drug-likeness (QED) is 0.850. The number of hydrogen-bond donors (Lipinski definition) is 2. The van der Waals surface area contributed by atoms with Crippen LogP contribution in [0.15, 0.2) is 24.3 Å². The van der Waals surface area contributed by atoms with E-state index in [2.05, 4.69) is 17.2 Å². The normalized spacial score (nSPS) is 22.8. The van der Waals surface area contributed by atoms with Crippen molar-refractivity contribution in [1.29, 1.82) is 0 Å². The van der Waals surface area contributed by atoms with E-state index in [1.54, 1.807) is 0 Å². The van der Waals surface area contributed by atoms with Crippen molar-refractivity contribution in [2.24, 2.45) is 5.92 Å². The minimum atomic E-state index is 0.0636. The summed E-state index contributed by atoms with van der Waals surface area (Å²) in [6.45, 7) is 4.19. The van der Waals surface area contributed by atoms with E-state index in [1.165, 1.54) is 12.8 Å². The second kappa shape index (κ2) is 4.72. The molecule has 3 nitrogen and oxygen atoms in total. The average molecular weight is 256 g/mol. The lowest BCUT2D eigenvalue weighted by molar-refractivity contribution is 0.0931. The molecule has 1 amide bonds. The van der Waals surface area contributed by atoms with Crippen LogP contribution in [0.5, 0.6) is 0 Å². The Labute approximate surface area is 113 Å². The van der Waals surface area contributed by atoms with Crippen LogP contribution in [0.3, 0.4) is 0 Å². The highest BCUT2D eigenvalue weighted by molar-refractivity contribution is 6.08. The molecule has 1 aliphatic rings. The first kappa shape index (κ1) is 12.3. The third-order valence-corrected chi connectivity index (χ3v) is 4.30. The average Bonchev–Trinajstić information content (AvgIpc) is 2.92. The molecular weight excluding hydrogens is 236 g/mol. The zero-order valence-corrected chi connectivity index (χ0v) is 11.5. The van der Waals surface area contributed by atoms with E-state index in [4.69, 9.17) is 0 Å². The third kappa shape index (κ3) is 2.14. The molecular formula is C16H20N2O. The Morgan fingerprint density at radius 3 is 2.84 bits per heavy atom. The number of carbonyl (C=O) groups is 1. The molecule has 0 spiro atoms. The highest BCUT2D eigenvalue weighted by Gasteiger charge is 2.26. The Kier molecular flexibility index (Phi) is 3.05. The minimum absolute atomic E-state index is 0.0636. The fourth-order valence-electron chi connectivity index (χ4n) is 3.17. The zero-order chi connectivity index (χ0) is 13.4. The van der Waals surface area contributed by atoms with E-state index < -0.39 is 0 Å². The summed E-state index contributed by atoms with van der Waals surface area (Å²) in [6.07, 6.45) is 3.55. The molecule has 2 unspecified atom stereocenters. The van der Waals surface area contributed by atoms with E-state index in [0.717, 1.165) is 28.6 Å². The summed E-state index contributed by atoms with van der Waals surface area (Å²) >= 11 is 0. The van der Waals surface area contributed by atoms with Gasteiger partial charge in [-0.15, -0.1) is 0 Å². The fraction of sp³-hybridized carbons (Fsp3) is 0.438. The molecule has 100 valence electrons. The molecule has 3 rings (SSSR count). The molecule has 2 N–H and O–H groups in total. The van der Waals surface area contributed by atoms with Crippen LogP contribution in [0.25, 0.3) is 10.9 Å². The highest BCUT2D eigenvalue weighted by atomic mass is 16.1. The van der Waals surface area contributed by atoms with Gasteiger partial charge in [0.2, 0.25) is 0 Å². The van der Waals surface area contributed by atoms with E-state index in [-0.39, 0.29) is 5.91 Å². The number of benzene rings is 1. The molecule has 1 aromatic carbocycles. The summed E-state index contributed by atoms with van der Waals surface area (Å²) in [6, 6.07) is 8.31. The van der Waals surface area contributed by atoms with Gasteiger partial charge in [-0.25, -0.2) is 0 Å². The maximum Gasteiger partial charge on any atom is 0.253 e. The second-order valence-electron chi connectivity index (χ2n) is 5.66. The fourth-order valence-corrected chi connectivity index (χ4v) is 3.17. The van der Waals surface area contributed by atoms with E-state index >= 15 is 0 Å². The molecule has 3 heteroatoms. The van der Waals surface area contributed by atoms with Crippen LogP contribution in [-0.4, -0.2) is 16.9 Å². The molecule has 1 heterocycles. The van der Waals surface area contributed by atoms with Crippen molar-refractivity contribution in [3.05, 3.63) is 35.5 Å². The van der Waals surface area contributed by atoms with E-state index in [1.807, 2.05) is 31.2 Å². The van der Waals surface area contributed by atoms with Gasteiger partial charge in [0.1, 0.15) is 0 Å². The largest absolute Gasteiger partial charge is 0.358 e. The number of H-pyrrole nitrogens is 1. The first-order chi connectivity index (χ1) is 9.16. The molecule has 1 aromatic heterocycles. The van der Waals surface area contributed by atoms with Crippen molar-refractivity contribution >= 4 is 16.8 Å². The van der Waals surface area contributed by atoms with Gasteiger partial charge in [0.25, 0.3) is 5.91 Å². The lowest BCUT2D eigenvalue weighted by atomic mass is 10.0. The lowest BCUT2D eigenvalue weighted by Gasteiger charge is -2.17. The Balaban J connectivity index is 1.91. The Hall–Kier alpha value is -1.77. The number of rotatable bonds is 2. The Bertz CT molecular complexity index is 614. The van der Waals surface area contributed by atoms with Crippen LogP contribution in [-0.2, 0) is 0 Å². The second-order valence-corrected chi connectivity index (χ2v) is 5.66. The van der Waals surface area contributed by atoms with Crippen LogP contribution in [0.1, 0.15) is 42.2 Å². The number of amides is 1. The monoisotopic (exact) mass is 256 g/mol. The molecule has 19 heavy (non-hydrogen) atoms. The number of carbonyl (C=O) groups excluding carboxylic acids is 1.